The number of carbonyl (C=O) groups excluding carboxylic acids is 1. The summed E-state index contributed by atoms with van der Waals surface area (Å²) in [5, 5.41) is 3.04. The van der Waals surface area contributed by atoms with E-state index in [0.29, 0.717) is 11.4 Å². The van der Waals surface area contributed by atoms with Gasteiger partial charge in [0.15, 0.2) is 0 Å². The number of nitrogens with two attached hydrogens (primary N) is 1. The van der Waals surface area contributed by atoms with Crippen molar-refractivity contribution >= 4 is 11.7 Å². The standard InChI is InChI=1S/C16H26N4O/c1-15(2,3)12-8-11(9-13(19-12)20-17)14(21)18-10-16(4)6-5-7-16/h8-9H,5-7,10,17H2,1-4H3,(H,18,21)(H,19,20). The molecule has 1 heterocycles. The molecule has 0 radical (unpaired) electrons. The molecule has 5 nitrogen and oxygen atoms in total. The van der Waals surface area contributed by atoms with Crippen LogP contribution in [0.5, 0.6) is 0 Å². The molecule has 1 aromatic heterocycles. The lowest BCUT2D eigenvalue weighted by molar-refractivity contribution is 0.0890. The van der Waals surface area contributed by atoms with E-state index in [9.17, 15) is 4.79 Å². The van der Waals surface area contributed by atoms with Crippen molar-refractivity contribution < 1.29 is 4.79 Å². The van der Waals surface area contributed by atoms with Gasteiger partial charge in [0.25, 0.3) is 5.91 Å². The van der Waals surface area contributed by atoms with E-state index in [1.165, 1.54) is 19.3 Å². The Kier molecular flexibility index (Phi) is 4.23. The molecule has 2 rings (SSSR count). The molecular weight excluding hydrogens is 264 g/mol. The van der Waals surface area contributed by atoms with E-state index in [-0.39, 0.29) is 16.7 Å². The second-order valence-corrected chi connectivity index (χ2v) is 7.37. The summed E-state index contributed by atoms with van der Waals surface area (Å²) >= 11 is 0. The first-order valence-corrected chi connectivity index (χ1v) is 7.51. The van der Waals surface area contributed by atoms with Gasteiger partial charge in [0.2, 0.25) is 0 Å². The van der Waals surface area contributed by atoms with Crippen LogP contribution in [-0.2, 0) is 5.41 Å². The molecule has 1 fully saturated rings. The van der Waals surface area contributed by atoms with Gasteiger partial charge in [-0.3, -0.25) is 4.79 Å². The highest BCUT2D eigenvalue weighted by Gasteiger charge is 2.32. The van der Waals surface area contributed by atoms with Crippen LogP contribution in [0.25, 0.3) is 0 Å². The lowest BCUT2D eigenvalue weighted by atomic mass is 9.70. The minimum atomic E-state index is -0.137. The van der Waals surface area contributed by atoms with E-state index < -0.39 is 0 Å². The van der Waals surface area contributed by atoms with Crippen molar-refractivity contribution in [3.05, 3.63) is 23.4 Å². The number of rotatable bonds is 4. The van der Waals surface area contributed by atoms with E-state index in [4.69, 9.17) is 5.84 Å². The summed E-state index contributed by atoms with van der Waals surface area (Å²) in [5.41, 5.74) is 4.12. The smallest absolute Gasteiger partial charge is 0.251 e. The third-order valence-corrected chi connectivity index (χ3v) is 4.24. The van der Waals surface area contributed by atoms with E-state index >= 15 is 0 Å². The number of carbonyl (C=O) groups is 1. The fourth-order valence-electron chi connectivity index (χ4n) is 2.47. The number of amides is 1. The summed E-state index contributed by atoms with van der Waals surface area (Å²) in [7, 11) is 0. The Hall–Kier alpha value is -1.62. The fraction of sp³-hybridized carbons (Fsp3) is 0.625. The van der Waals surface area contributed by atoms with Gasteiger partial charge in [0.1, 0.15) is 5.82 Å². The van der Waals surface area contributed by atoms with Gasteiger partial charge >= 0.3 is 0 Å². The first-order chi connectivity index (χ1) is 9.73. The van der Waals surface area contributed by atoms with Gasteiger partial charge in [-0.1, -0.05) is 34.1 Å². The summed E-state index contributed by atoms with van der Waals surface area (Å²) < 4.78 is 0. The van der Waals surface area contributed by atoms with Gasteiger partial charge in [-0.15, -0.1) is 0 Å². The average Bonchev–Trinajstić information content (AvgIpc) is 2.41. The van der Waals surface area contributed by atoms with Crippen LogP contribution >= 0.6 is 0 Å². The van der Waals surface area contributed by atoms with E-state index in [1.807, 2.05) is 6.07 Å². The molecule has 1 amide bonds. The monoisotopic (exact) mass is 290 g/mol. The van der Waals surface area contributed by atoms with Crippen LogP contribution in [-0.4, -0.2) is 17.4 Å². The first kappa shape index (κ1) is 15.8. The number of hydrogen-bond donors (Lipinski definition) is 3. The molecule has 0 spiro atoms. The number of nitrogens with one attached hydrogen (secondary N) is 2. The molecular formula is C16H26N4O. The molecule has 0 atom stereocenters. The van der Waals surface area contributed by atoms with Crippen molar-refractivity contribution in [2.75, 3.05) is 12.0 Å². The lowest BCUT2D eigenvalue weighted by Gasteiger charge is -2.38. The van der Waals surface area contributed by atoms with Crippen molar-refractivity contribution in [1.29, 1.82) is 0 Å². The van der Waals surface area contributed by atoms with Crippen LogP contribution in [0.15, 0.2) is 12.1 Å². The van der Waals surface area contributed by atoms with Crippen molar-refractivity contribution in [2.45, 2.75) is 52.4 Å². The maximum atomic E-state index is 12.4. The number of anilines is 1. The molecule has 4 N–H and O–H groups in total. The van der Waals surface area contributed by atoms with Crippen LogP contribution in [0.1, 0.15) is 63.0 Å². The molecule has 5 heteroatoms. The molecule has 0 saturated heterocycles. The molecule has 1 aromatic rings. The molecule has 0 bridgehead atoms. The minimum Gasteiger partial charge on any atom is -0.351 e. The van der Waals surface area contributed by atoms with E-state index in [2.05, 4.69) is 43.4 Å². The largest absolute Gasteiger partial charge is 0.351 e. The van der Waals surface area contributed by atoms with E-state index in [0.717, 1.165) is 12.2 Å². The van der Waals surface area contributed by atoms with Crippen LogP contribution in [0.2, 0.25) is 0 Å². The number of pyridine rings is 1. The molecule has 1 saturated carbocycles. The Morgan fingerprint density at radius 3 is 2.52 bits per heavy atom. The van der Waals surface area contributed by atoms with Crippen molar-refractivity contribution in [3.8, 4) is 0 Å². The number of nitrogens with zero attached hydrogens (tertiary/aromatic N) is 1. The second-order valence-electron chi connectivity index (χ2n) is 7.37. The molecule has 0 unspecified atom stereocenters. The third-order valence-electron chi connectivity index (χ3n) is 4.24. The first-order valence-electron chi connectivity index (χ1n) is 7.51. The van der Waals surface area contributed by atoms with Crippen LogP contribution in [0, 0.1) is 5.41 Å². The van der Waals surface area contributed by atoms with Gasteiger partial charge in [0.05, 0.1) is 0 Å². The number of aromatic nitrogens is 1. The normalized spacial score (nSPS) is 17.0. The van der Waals surface area contributed by atoms with Crippen molar-refractivity contribution in [2.24, 2.45) is 11.3 Å². The Morgan fingerprint density at radius 1 is 1.38 bits per heavy atom. The van der Waals surface area contributed by atoms with E-state index in [1.54, 1.807) is 6.07 Å². The van der Waals surface area contributed by atoms with Gasteiger partial charge < -0.3 is 10.7 Å². The summed E-state index contributed by atoms with van der Waals surface area (Å²) in [4.78, 5) is 16.8. The third kappa shape index (κ3) is 3.73. The zero-order chi connectivity index (χ0) is 15.7. The highest BCUT2D eigenvalue weighted by molar-refractivity contribution is 5.95. The molecule has 21 heavy (non-hydrogen) atoms. The number of hydrazine groups is 1. The summed E-state index contributed by atoms with van der Waals surface area (Å²) in [6.07, 6.45) is 3.63. The summed E-state index contributed by atoms with van der Waals surface area (Å²) in [5.74, 6) is 5.91. The van der Waals surface area contributed by atoms with Crippen LogP contribution in [0.4, 0.5) is 5.82 Å². The van der Waals surface area contributed by atoms with Crippen LogP contribution in [0.3, 0.4) is 0 Å². The van der Waals surface area contributed by atoms with Gasteiger partial charge in [-0.25, -0.2) is 10.8 Å². The van der Waals surface area contributed by atoms with Crippen LogP contribution < -0.4 is 16.6 Å². The highest BCUT2D eigenvalue weighted by Crippen LogP contribution is 2.39. The summed E-state index contributed by atoms with van der Waals surface area (Å²) in [6.45, 7) is 9.13. The Balaban J connectivity index is 2.15. The Morgan fingerprint density at radius 2 is 2.05 bits per heavy atom. The molecule has 116 valence electrons. The lowest BCUT2D eigenvalue weighted by Crippen LogP contribution is -2.40. The Bertz CT molecular complexity index is 530. The minimum absolute atomic E-state index is 0.0625. The zero-order valence-corrected chi connectivity index (χ0v) is 13.4. The van der Waals surface area contributed by atoms with Crippen molar-refractivity contribution in [1.82, 2.24) is 10.3 Å². The maximum absolute atomic E-state index is 12.4. The predicted molar refractivity (Wildman–Crippen MR) is 85.0 cm³/mol. The van der Waals surface area contributed by atoms with Gasteiger partial charge in [-0.2, -0.15) is 0 Å². The molecule has 1 aliphatic rings. The molecule has 0 aromatic carbocycles. The highest BCUT2D eigenvalue weighted by atomic mass is 16.1. The Labute approximate surface area is 126 Å². The van der Waals surface area contributed by atoms with Gasteiger partial charge in [0, 0.05) is 23.2 Å². The second kappa shape index (κ2) is 5.64. The quantitative estimate of drug-likeness (QED) is 0.588. The SMILES string of the molecule is CC1(CNC(=O)c2cc(NN)nc(C(C)(C)C)c2)CCC1. The topological polar surface area (TPSA) is 80.0 Å². The zero-order valence-electron chi connectivity index (χ0n) is 13.4. The van der Waals surface area contributed by atoms with Crippen molar-refractivity contribution in [3.63, 3.8) is 0 Å². The number of nitrogen functional groups attached to an aromatic ring is 1. The average molecular weight is 290 g/mol. The molecule has 0 aliphatic heterocycles. The molecule has 1 aliphatic carbocycles. The fourth-order valence-corrected chi connectivity index (χ4v) is 2.47. The number of hydrogen-bond acceptors (Lipinski definition) is 4. The maximum Gasteiger partial charge on any atom is 0.251 e. The van der Waals surface area contributed by atoms with Gasteiger partial charge in [-0.05, 0) is 30.4 Å². The predicted octanol–water partition coefficient (Wildman–Crippen LogP) is 2.58. The summed E-state index contributed by atoms with van der Waals surface area (Å²) in [6, 6.07) is 3.53.